The summed E-state index contributed by atoms with van der Waals surface area (Å²) in [4.78, 5) is 29.2. The second kappa shape index (κ2) is 8.09. The molecule has 0 saturated carbocycles. The van der Waals surface area contributed by atoms with Crippen molar-refractivity contribution in [1.82, 2.24) is 9.80 Å². The van der Waals surface area contributed by atoms with E-state index in [4.69, 9.17) is 0 Å². The van der Waals surface area contributed by atoms with Crippen LogP contribution in [0.4, 0.5) is 0 Å². The highest BCUT2D eigenvalue weighted by molar-refractivity contribution is 5.85. The van der Waals surface area contributed by atoms with Crippen LogP contribution in [-0.4, -0.2) is 55.2 Å². The molecule has 0 aromatic carbocycles. The molecule has 22 heavy (non-hydrogen) atoms. The number of carbonyl (C=O) groups excluding carboxylic acids is 2. The number of piperidine rings is 1. The third-order valence-electron chi connectivity index (χ3n) is 5.19. The minimum absolute atomic E-state index is 0.0443. The predicted octanol–water partition coefficient (Wildman–Crippen LogP) is 2.82. The molecular weight excluding hydrogens is 276 g/mol. The van der Waals surface area contributed by atoms with Crippen LogP contribution < -0.4 is 0 Å². The summed E-state index contributed by atoms with van der Waals surface area (Å²) < 4.78 is 0. The van der Waals surface area contributed by atoms with Crippen LogP contribution in [0.1, 0.15) is 53.4 Å². The van der Waals surface area contributed by atoms with Crippen LogP contribution in [0.5, 0.6) is 0 Å². The SMILES string of the molecule is CC(C)C(C)(C)C(=O)N1CCCC(C(=O)CCCN(C)C)C1. The Labute approximate surface area is 136 Å². The second-order valence-corrected chi connectivity index (χ2v) is 7.84. The molecule has 1 saturated heterocycles. The van der Waals surface area contributed by atoms with E-state index >= 15 is 0 Å². The number of amides is 1. The van der Waals surface area contributed by atoms with Gasteiger partial charge in [0.1, 0.15) is 5.78 Å². The molecular formula is C18H34N2O2. The molecule has 4 heteroatoms. The molecule has 128 valence electrons. The van der Waals surface area contributed by atoms with Crippen LogP contribution in [-0.2, 0) is 9.59 Å². The molecule has 0 radical (unpaired) electrons. The van der Waals surface area contributed by atoms with Gasteiger partial charge in [-0.3, -0.25) is 9.59 Å². The van der Waals surface area contributed by atoms with Crippen molar-refractivity contribution in [3.63, 3.8) is 0 Å². The number of nitrogens with zero attached hydrogens (tertiary/aromatic N) is 2. The van der Waals surface area contributed by atoms with Gasteiger partial charge in [-0.15, -0.1) is 0 Å². The molecule has 1 fully saturated rings. The summed E-state index contributed by atoms with van der Waals surface area (Å²) in [6.45, 7) is 10.6. The summed E-state index contributed by atoms with van der Waals surface area (Å²) in [7, 11) is 4.05. The molecule has 1 atom stereocenters. The van der Waals surface area contributed by atoms with E-state index in [1.807, 2.05) is 32.8 Å². The average molecular weight is 310 g/mol. The number of rotatable bonds is 7. The first kappa shape index (κ1) is 19.1. The highest BCUT2D eigenvalue weighted by atomic mass is 16.2. The highest BCUT2D eigenvalue weighted by Crippen LogP contribution is 2.31. The molecule has 0 aromatic rings. The van der Waals surface area contributed by atoms with Crippen LogP contribution in [0.2, 0.25) is 0 Å². The summed E-state index contributed by atoms with van der Waals surface area (Å²) in [5, 5.41) is 0. The smallest absolute Gasteiger partial charge is 0.228 e. The van der Waals surface area contributed by atoms with Gasteiger partial charge in [-0.05, 0) is 45.8 Å². The van der Waals surface area contributed by atoms with Crippen LogP contribution in [0, 0.1) is 17.3 Å². The van der Waals surface area contributed by atoms with E-state index in [9.17, 15) is 9.59 Å². The lowest BCUT2D eigenvalue weighted by Crippen LogP contribution is -2.49. The largest absolute Gasteiger partial charge is 0.342 e. The zero-order chi connectivity index (χ0) is 16.9. The van der Waals surface area contributed by atoms with E-state index in [2.05, 4.69) is 18.7 Å². The zero-order valence-electron chi connectivity index (χ0n) is 15.3. The number of hydrogen-bond donors (Lipinski definition) is 0. The first-order valence-electron chi connectivity index (χ1n) is 8.63. The van der Waals surface area contributed by atoms with Gasteiger partial charge in [0, 0.05) is 30.8 Å². The van der Waals surface area contributed by atoms with Crippen molar-refractivity contribution >= 4 is 11.7 Å². The van der Waals surface area contributed by atoms with Crippen molar-refractivity contribution in [3.8, 4) is 0 Å². The number of ketones is 1. The molecule has 0 bridgehead atoms. The molecule has 1 aliphatic heterocycles. The lowest BCUT2D eigenvalue weighted by Gasteiger charge is -2.39. The fourth-order valence-corrected chi connectivity index (χ4v) is 2.85. The minimum atomic E-state index is -0.351. The topological polar surface area (TPSA) is 40.6 Å². The highest BCUT2D eigenvalue weighted by Gasteiger charge is 2.37. The maximum Gasteiger partial charge on any atom is 0.228 e. The van der Waals surface area contributed by atoms with Gasteiger partial charge in [0.05, 0.1) is 0 Å². The lowest BCUT2D eigenvalue weighted by molar-refractivity contribution is -0.145. The molecule has 0 aliphatic carbocycles. The molecule has 1 heterocycles. The van der Waals surface area contributed by atoms with E-state index in [0.29, 0.717) is 24.7 Å². The zero-order valence-corrected chi connectivity index (χ0v) is 15.3. The van der Waals surface area contributed by atoms with Crippen LogP contribution in [0.3, 0.4) is 0 Å². The van der Waals surface area contributed by atoms with Gasteiger partial charge in [-0.1, -0.05) is 27.7 Å². The minimum Gasteiger partial charge on any atom is -0.342 e. The van der Waals surface area contributed by atoms with Crippen LogP contribution >= 0.6 is 0 Å². The second-order valence-electron chi connectivity index (χ2n) is 7.84. The Morgan fingerprint density at radius 1 is 1.27 bits per heavy atom. The normalized spacial score (nSPS) is 19.8. The maximum atomic E-state index is 12.7. The fourth-order valence-electron chi connectivity index (χ4n) is 2.85. The maximum absolute atomic E-state index is 12.7. The van der Waals surface area contributed by atoms with Crippen molar-refractivity contribution in [1.29, 1.82) is 0 Å². The standard InChI is InChI=1S/C18H34N2O2/c1-14(2)18(3,4)17(22)20-12-7-9-15(13-20)16(21)10-8-11-19(5)6/h14-15H,7-13H2,1-6H3. The summed E-state index contributed by atoms with van der Waals surface area (Å²) in [6, 6.07) is 0. The first-order chi connectivity index (χ1) is 10.2. The fraction of sp³-hybridized carbons (Fsp3) is 0.889. The molecule has 1 amide bonds. The van der Waals surface area contributed by atoms with Gasteiger partial charge in [-0.25, -0.2) is 0 Å². The van der Waals surface area contributed by atoms with Crippen molar-refractivity contribution in [2.45, 2.75) is 53.4 Å². The van der Waals surface area contributed by atoms with E-state index in [0.717, 1.165) is 32.4 Å². The van der Waals surface area contributed by atoms with Gasteiger partial charge >= 0.3 is 0 Å². The summed E-state index contributed by atoms with van der Waals surface area (Å²) >= 11 is 0. The van der Waals surface area contributed by atoms with Crippen molar-refractivity contribution in [2.75, 3.05) is 33.7 Å². The Hall–Kier alpha value is -0.900. The number of hydrogen-bond acceptors (Lipinski definition) is 3. The molecule has 1 rings (SSSR count). The third kappa shape index (κ3) is 5.08. The van der Waals surface area contributed by atoms with Crippen molar-refractivity contribution in [2.24, 2.45) is 17.3 Å². The average Bonchev–Trinajstić information content (AvgIpc) is 2.45. The number of carbonyl (C=O) groups is 2. The van der Waals surface area contributed by atoms with Crippen LogP contribution in [0.25, 0.3) is 0 Å². The molecule has 4 nitrogen and oxygen atoms in total. The number of likely N-dealkylation sites (tertiary alicyclic amines) is 1. The summed E-state index contributed by atoms with van der Waals surface area (Å²) in [6.07, 6.45) is 3.43. The monoisotopic (exact) mass is 310 g/mol. The van der Waals surface area contributed by atoms with Gasteiger partial charge < -0.3 is 9.80 Å². The van der Waals surface area contributed by atoms with E-state index < -0.39 is 0 Å². The van der Waals surface area contributed by atoms with Gasteiger partial charge in [0.25, 0.3) is 0 Å². The predicted molar refractivity (Wildman–Crippen MR) is 90.7 cm³/mol. The van der Waals surface area contributed by atoms with Gasteiger partial charge in [-0.2, -0.15) is 0 Å². The molecule has 0 N–H and O–H groups in total. The molecule has 1 aliphatic rings. The summed E-state index contributed by atoms with van der Waals surface area (Å²) in [5.41, 5.74) is -0.351. The number of Topliss-reactive ketones (excluding diaryl/α,β-unsaturated/α-hetero) is 1. The molecule has 0 aromatic heterocycles. The van der Waals surface area contributed by atoms with Gasteiger partial charge in [0.2, 0.25) is 5.91 Å². The van der Waals surface area contributed by atoms with E-state index in [-0.39, 0.29) is 17.2 Å². The third-order valence-corrected chi connectivity index (χ3v) is 5.19. The summed E-state index contributed by atoms with van der Waals surface area (Å²) in [5.74, 6) is 0.883. The first-order valence-corrected chi connectivity index (χ1v) is 8.63. The van der Waals surface area contributed by atoms with Gasteiger partial charge in [0.15, 0.2) is 0 Å². The van der Waals surface area contributed by atoms with E-state index in [1.165, 1.54) is 0 Å². The van der Waals surface area contributed by atoms with Crippen molar-refractivity contribution < 1.29 is 9.59 Å². The van der Waals surface area contributed by atoms with E-state index in [1.54, 1.807) is 0 Å². The quantitative estimate of drug-likeness (QED) is 0.726. The Balaban J connectivity index is 2.57. The Morgan fingerprint density at radius 2 is 1.91 bits per heavy atom. The molecule has 0 spiro atoms. The Morgan fingerprint density at radius 3 is 2.45 bits per heavy atom. The molecule has 1 unspecified atom stereocenters. The Bertz CT molecular complexity index is 389. The van der Waals surface area contributed by atoms with Crippen LogP contribution in [0.15, 0.2) is 0 Å². The lowest BCUT2D eigenvalue weighted by atomic mass is 9.79. The van der Waals surface area contributed by atoms with Crippen molar-refractivity contribution in [3.05, 3.63) is 0 Å². The Kier molecular flexibility index (Phi) is 7.04.